The van der Waals surface area contributed by atoms with Gasteiger partial charge in [-0.2, -0.15) is 0 Å². The Hall–Kier alpha value is -1.26. The number of carbonyl (C=O) groups excluding carboxylic acids is 1. The summed E-state index contributed by atoms with van der Waals surface area (Å²) in [5, 5.41) is 2.89. The van der Waals surface area contributed by atoms with Gasteiger partial charge in [0.15, 0.2) is 0 Å². The van der Waals surface area contributed by atoms with E-state index in [9.17, 15) is 4.79 Å². The summed E-state index contributed by atoms with van der Waals surface area (Å²) >= 11 is 0. The SMILES string of the molecule is CCC(CNC(=O)[C@@H](N)CC(C)C)Oc1ccccc1C.Cl. The molecule has 3 N–H and O–H groups in total. The van der Waals surface area contributed by atoms with E-state index in [1.807, 2.05) is 38.1 Å². The van der Waals surface area contributed by atoms with Crippen LogP contribution in [-0.2, 0) is 4.79 Å². The molecule has 0 aliphatic heterocycles. The fourth-order valence-corrected chi connectivity index (χ4v) is 2.10. The molecule has 5 heteroatoms. The molecular formula is C17H29ClN2O2. The van der Waals surface area contributed by atoms with Crippen LogP contribution in [0.4, 0.5) is 0 Å². The van der Waals surface area contributed by atoms with E-state index in [0.717, 1.165) is 17.7 Å². The van der Waals surface area contributed by atoms with Gasteiger partial charge in [-0.25, -0.2) is 0 Å². The summed E-state index contributed by atoms with van der Waals surface area (Å²) < 4.78 is 5.95. The number of nitrogens with two attached hydrogens (primary N) is 1. The lowest BCUT2D eigenvalue weighted by molar-refractivity contribution is -0.123. The molecule has 4 nitrogen and oxygen atoms in total. The Kier molecular flexibility index (Phi) is 9.86. The van der Waals surface area contributed by atoms with Crippen molar-refractivity contribution in [1.29, 1.82) is 0 Å². The zero-order chi connectivity index (χ0) is 15.8. The van der Waals surface area contributed by atoms with Crippen molar-refractivity contribution in [3.05, 3.63) is 29.8 Å². The van der Waals surface area contributed by atoms with Gasteiger partial charge in [0.1, 0.15) is 11.9 Å². The third kappa shape index (κ3) is 7.14. The molecule has 0 aliphatic carbocycles. The highest BCUT2D eigenvalue weighted by atomic mass is 35.5. The monoisotopic (exact) mass is 328 g/mol. The quantitative estimate of drug-likeness (QED) is 0.770. The Morgan fingerprint density at radius 2 is 1.95 bits per heavy atom. The van der Waals surface area contributed by atoms with Gasteiger partial charge in [-0.3, -0.25) is 4.79 Å². The minimum Gasteiger partial charge on any atom is -0.488 e. The van der Waals surface area contributed by atoms with Gasteiger partial charge in [-0.15, -0.1) is 12.4 Å². The van der Waals surface area contributed by atoms with Crippen molar-refractivity contribution < 1.29 is 9.53 Å². The van der Waals surface area contributed by atoms with Crippen LogP contribution >= 0.6 is 12.4 Å². The molecule has 1 amide bonds. The topological polar surface area (TPSA) is 64.4 Å². The van der Waals surface area contributed by atoms with Crippen LogP contribution in [0.3, 0.4) is 0 Å². The number of amides is 1. The second-order valence-electron chi connectivity index (χ2n) is 5.89. The maximum Gasteiger partial charge on any atom is 0.237 e. The first kappa shape index (κ1) is 20.7. The van der Waals surface area contributed by atoms with Gasteiger partial charge < -0.3 is 15.8 Å². The average molecular weight is 329 g/mol. The number of hydrogen-bond donors (Lipinski definition) is 2. The first-order valence-electron chi connectivity index (χ1n) is 7.69. The maximum atomic E-state index is 11.9. The number of nitrogens with one attached hydrogen (secondary N) is 1. The molecule has 1 rings (SSSR count). The second-order valence-corrected chi connectivity index (χ2v) is 5.89. The summed E-state index contributed by atoms with van der Waals surface area (Å²) in [5.41, 5.74) is 6.97. The van der Waals surface area contributed by atoms with Gasteiger partial charge in [0.05, 0.1) is 12.6 Å². The number of aryl methyl sites for hydroxylation is 1. The van der Waals surface area contributed by atoms with Gasteiger partial charge in [-0.05, 0) is 37.3 Å². The van der Waals surface area contributed by atoms with Crippen molar-refractivity contribution >= 4 is 18.3 Å². The molecule has 0 saturated carbocycles. The van der Waals surface area contributed by atoms with E-state index in [-0.39, 0.29) is 24.4 Å². The molecule has 0 bridgehead atoms. The predicted molar refractivity (Wildman–Crippen MR) is 93.6 cm³/mol. The van der Waals surface area contributed by atoms with Gasteiger partial charge >= 0.3 is 0 Å². The van der Waals surface area contributed by atoms with Gasteiger partial charge in [0.25, 0.3) is 0 Å². The fraction of sp³-hybridized carbons (Fsp3) is 0.588. The van der Waals surface area contributed by atoms with Crippen LogP contribution in [0, 0.1) is 12.8 Å². The molecule has 0 fully saturated rings. The van der Waals surface area contributed by atoms with Crippen molar-refractivity contribution in [3.8, 4) is 5.75 Å². The molecule has 1 unspecified atom stereocenters. The summed E-state index contributed by atoms with van der Waals surface area (Å²) in [5.74, 6) is 1.18. The van der Waals surface area contributed by atoms with Crippen LogP contribution in [0.5, 0.6) is 5.75 Å². The van der Waals surface area contributed by atoms with Crippen molar-refractivity contribution in [1.82, 2.24) is 5.32 Å². The number of hydrogen-bond acceptors (Lipinski definition) is 3. The Morgan fingerprint density at radius 3 is 2.50 bits per heavy atom. The number of ether oxygens (including phenoxy) is 1. The summed E-state index contributed by atoms with van der Waals surface area (Å²) in [4.78, 5) is 11.9. The number of halogens is 1. The minimum atomic E-state index is -0.444. The van der Waals surface area contributed by atoms with Gasteiger partial charge in [-0.1, -0.05) is 39.0 Å². The Morgan fingerprint density at radius 1 is 1.32 bits per heavy atom. The largest absolute Gasteiger partial charge is 0.488 e. The van der Waals surface area contributed by atoms with Crippen LogP contribution in [0.15, 0.2) is 24.3 Å². The smallest absolute Gasteiger partial charge is 0.237 e. The molecule has 2 atom stereocenters. The van der Waals surface area contributed by atoms with E-state index >= 15 is 0 Å². The molecule has 0 heterocycles. The van der Waals surface area contributed by atoms with E-state index in [2.05, 4.69) is 19.2 Å². The standard InChI is InChI=1S/C17H28N2O2.ClH/c1-5-14(21-16-9-7-6-8-13(16)4)11-19-17(20)15(18)10-12(2)3;/h6-9,12,14-15H,5,10-11,18H2,1-4H3,(H,19,20);1H/t14?,15-;/m0./s1. The molecule has 126 valence electrons. The van der Waals surface area contributed by atoms with E-state index in [1.54, 1.807) is 0 Å². The number of benzene rings is 1. The fourth-order valence-electron chi connectivity index (χ4n) is 2.10. The van der Waals surface area contributed by atoms with Crippen LogP contribution in [0.2, 0.25) is 0 Å². The van der Waals surface area contributed by atoms with Crippen LogP contribution < -0.4 is 15.8 Å². The highest BCUT2D eigenvalue weighted by Gasteiger charge is 2.17. The van der Waals surface area contributed by atoms with Crippen molar-refractivity contribution in [2.24, 2.45) is 11.7 Å². The zero-order valence-corrected chi connectivity index (χ0v) is 14.8. The van der Waals surface area contributed by atoms with Crippen LogP contribution in [-0.4, -0.2) is 24.6 Å². The van der Waals surface area contributed by atoms with Gasteiger partial charge in [0.2, 0.25) is 5.91 Å². The molecule has 0 saturated heterocycles. The zero-order valence-electron chi connectivity index (χ0n) is 14.0. The molecule has 0 aromatic heterocycles. The molecule has 0 spiro atoms. The Balaban J connectivity index is 0.00000441. The average Bonchev–Trinajstić information content (AvgIpc) is 2.44. The lowest BCUT2D eigenvalue weighted by Crippen LogP contribution is -2.45. The summed E-state index contributed by atoms with van der Waals surface area (Å²) in [6.45, 7) is 8.66. The van der Waals surface area contributed by atoms with Crippen molar-refractivity contribution in [2.75, 3.05) is 6.54 Å². The second kappa shape index (κ2) is 10.5. The number of rotatable bonds is 8. The van der Waals surface area contributed by atoms with Crippen LogP contribution in [0.1, 0.15) is 39.2 Å². The number of carbonyl (C=O) groups is 1. The third-order valence-corrected chi connectivity index (χ3v) is 3.41. The highest BCUT2D eigenvalue weighted by molar-refractivity contribution is 5.85. The summed E-state index contributed by atoms with van der Waals surface area (Å²) in [6, 6.07) is 7.45. The summed E-state index contributed by atoms with van der Waals surface area (Å²) in [7, 11) is 0. The van der Waals surface area contributed by atoms with E-state index < -0.39 is 6.04 Å². The first-order valence-corrected chi connectivity index (χ1v) is 7.69. The van der Waals surface area contributed by atoms with E-state index in [4.69, 9.17) is 10.5 Å². The maximum absolute atomic E-state index is 11.9. The first-order chi connectivity index (χ1) is 9.93. The molecule has 1 aromatic carbocycles. The Labute approximate surface area is 140 Å². The lowest BCUT2D eigenvalue weighted by atomic mass is 10.0. The van der Waals surface area contributed by atoms with E-state index in [1.165, 1.54) is 0 Å². The van der Waals surface area contributed by atoms with Crippen molar-refractivity contribution in [3.63, 3.8) is 0 Å². The predicted octanol–water partition coefficient (Wildman–Crippen LogP) is 3.06. The normalized spacial score (nSPS) is 13.2. The number of para-hydroxylation sites is 1. The van der Waals surface area contributed by atoms with Gasteiger partial charge in [0, 0.05) is 0 Å². The van der Waals surface area contributed by atoms with E-state index in [0.29, 0.717) is 18.9 Å². The van der Waals surface area contributed by atoms with Crippen molar-refractivity contribution in [2.45, 2.75) is 52.7 Å². The molecule has 22 heavy (non-hydrogen) atoms. The van der Waals surface area contributed by atoms with Crippen LogP contribution in [0.25, 0.3) is 0 Å². The molecular weight excluding hydrogens is 300 g/mol. The molecule has 1 aromatic rings. The summed E-state index contributed by atoms with van der Waals surface area (Å²) in [6.07, 6.45) is 1.48. The lowest BCUT2D eigenvalue weighted by Gasteiger charge is -2.21. The molecule has 0 aliphatic rings. The Bertz CT molecular complexity index is 452. The third-order valence-electron chi connectivity index (χ3n) is 3.41. The molecule has 0 radical (unpaired) electrons. The highest BCUT2D eigenvalue weighted by Crippen LogP contribution is 2.18. The minimum absolute atomic E-state index is 0.